The Balaban J connectivity index is 1.55. The maximum absolute atomic E-state index is 11.9. The zero-order valence-electron chi connectivity index (χ0n) is 10.7. The molecule has 1 saturated carbocycles. The summed E-state index contributed by atoms with van der Waals surface area (Å²) in [6.07, 6.45) is 2.26. The van der Waals surface area contributed by atoms with Crippen LogP contribution in [0, 0.1) is 5.92 Å². The number of amides is 2. The fourth-order valence-electron chi connectivity index (χ4n) is 2.97. The van der Waals surface area contributed by atoms with Gasteiger partial charge in [-0.2, -0.15) is 0 Å². The molecule has 2 aliphatic rings. The fourth-order valence-corrected chi connectivity index (χ4v) is 2.97. The van der Waals surface area contributed by atoms with E-state index in [4.69, 9.17) is 10.5 Å². The molecule has 5 heteroatoms. The number of benzene rings is 1. The van der Waals surface area contributed by atoms with Crippen molar-refractivity contribution in [2.75, 3.05) is 11.9 Å². The Kier molecular flexibility index (Phi) is 3.40. The van der Waals surface area contributed by atoms with E-state index >= 15 is 0 Å². The van der Waals surface area contributed by atoms with Crippen LogP contribution in [-0.2, 0) is 4.74 Å². The van der Waals surface area contributed by atoms with Crippen molar-refractivity contribution in [3.8, 4) is 0 Å². The molecule has 0 aromatic heterocycles. The SMILES string of the molecule is NC1C2CCCOC2C1NC(=O)Nc1ccccc1. The van der Waals surface area contributed by atoms with Crippen LogP contribution < -0.4 is 16.4 Å². The van der Waals surface area contributed by atoms with Crippen LogP contribution in [0.3, 0.4) is 0 Å². The molecule has 1 aromatic rings. The molecular weight excluding hydrogens is 242 g/mol. The second-order valence-electron chi connectivity index (χ2n) is 5.21. The van der Waals surface area contributed by atoms with Crippen molar-refractivity contribution in [1.29, 1.82) is 0 Å². The molecule has 0 spiro atoms. The highest BCUT2D eigenvalue weighted by atomic mass is 16.5. The van der Waals surface area contributed by atoms with Gasteiger partial charge in [0.05, 0.1) is 12.1 Å². The molecule has 5 nitrogen and oxygen atoms in total. The Bertz CT molecular complexity index is 451. The lowest BCUT2D eigenvalue weighted by Gasteiger charge is -2.52. The molecule has 1 aliphatic carbocycles. The van der Waals surface area contributed by atoms with E-state index in [-0.39, 0.29) is 24.2 Å². The quantitative estimate of drug-likeness (QED) is 0.751. The number of fused-ring (bicyclic) bond motifs is 1. The van der Waals surface area contributed by atoms with Crippen molar-refractivity contribution in [2.45, 2.75) is 31.0 Å². The van der Waals surface area contributed by atoms with Crippen LogP contribution in [0.1, 0.15) is 12.8 Å². The number of nitrogens with one attached hydrogen (secondary N) is 2. The Morgan fingerprint density at radius 3 is 2.89 bits per heavy atom. The van der Waals surface area contributed by atoms with Crippen LogP contribution in [0.25, 0.3) is 0 Å². The van der Waals surface area contributed by atoms with Gasteiger partial charge in [-0.1, -0.05) is 18.2 Å². The minimum absolute atomic E-state index is 0.00632. The van der Waals surface area contributed by atoms with Crippen LogP contribution in [-0.4, -0.2) is 30.8 Å². The largest absolute Gasteiger partial charge is 0.376 e. The van der Waals surface area contributed by atoms with Gasteiger partial charge in [-0.25, -0.2) is 4.79 Å². The van der Waals surface area contributed by atoms with Gasteiger partial charge in [0.25, 0.3) is 0 Å². The van der Waals surface area contributed by atoms with Gasteiger partial charge in [0.15, 0.2) is 0 Å². The summed E-state index contributed by atoms with van der Waals surface area (Å²) in [5.74, 6) is 0.399. The van der Waals surface area contributed by atoms with Gasteiger partial charge < -0.3 is 21.1 Å². The molecule has 0 radical (unpaired) electrons. The lowest BCUT2D eigenvalue weighted by Crippen LogP contribution is -2.72. The Morgan fingerprint density at radius 2 is 2.11 bits per heavy atom. The highest BCUT2D eigenvalue weighted by Crippen LogP contribution is 2.36. The molecule has 102 valence electrons. The molecule has 1 heterocycles. The summed E-state index contributed by atoms with van der Waals surface area (Å²) in [6, 6.07) is 9.07. The third-order valence-electron chi connectivity index (χ3n) is 4.01. The molecular formula is C14H19N3O2. The molecule has 2 amide bonds. The summed E-state index contributed by atoms with van der Waals surface area (Å²) in [4.78, 5) is 11.9. The minimum atomic E-state index is -0.223. The Hall–Kier alpha value is -1.59. The second-order valence-corrected chi connectivity index (χ2v) is 5.21. The summed E-state index contributed by atoms with van der Waals surface area (Å²) in [6.45, 7) is 0.770. The predicted molar refractivity (Wildman–Crippen MR) is 72.8 cm³/mol. The molecule has 1 saturated heterocycles. The molecule has 19 heavy (non-hydrogen) atoms. The van der Waals surface area contributed by atoms with Gasteiger partial charge in [-0.3, -0.25) is 0 Å². The average Bonchev–Trinajstić information content (AvgIpc) is 2.45. The maximum atomic E-state index is 11.9. The van der Waals surface area contributed by atoms with E-state index in [1.807, 2.05) is 30.3 Å². The average molecular weight is 261 g/mol. The number of carbonyl (C=O) groups excluding carboxylic acids is 1. The summed E-state index contributed by atoms with van der Waals surface area (Å²) in [7, 11) is 0. The van der Waals surface area contributed by atoms with Crippen LogP contribution in [0.4, 0.5) is 10.5 Å². The minimum Gasteiger partial charge on any atom is -0.376 e. The maximum Gasteiger partial charge on any atom is 0.319 e. The van der Waals surface area contributed by atoms with Crippen molar-refractivity contribution in [1.82, 2.24) is 5.32 Å². The zero-order chi connectivity index (χ0) is 13.2. The van der Waals surface area contributed by atoms with E-state index in [9.17, 15) is 4.79 Å². The van der Waals surface area contributed by atoms with E-state index in [1.54, 1.807) is 0 Å². The zero-order valence-corrected chi connectivity index (χ0v) is 10.7. The summed E-state index contributed by atoms with van der Waals surface area (Å²) >= 11 is 0. The van der Waals surface area contributed by atoms with E-state index in [0.29, 0.717) is 5.92 Å². The van der Waals surface area contributed by atoms with Crippen molar-refractivity contribution in [3.05, 3.63) is 30.3 Å². The van der Waals surface area contributed by atoms with Crippen molar-refractivity contribution >= 4 is 11.7 Å². The molecule has 4 unspecified atom stereocenters. The van der Waals surface area contributed by atoms with Crippen molar-refractivity contribution in [3.63, 3.8) is 0 Å². The molecule has 1 aromatic carbocycles. The summed E-state index contributed by atoms with van der Waals surface area (Å²) in [5.41, 5.74) is 6.87. The lowest BCUT2D eigenvalue weighted by atomic mass is 9.69. The van der Waals surface area contributed by atoms with E-state index < -0.39 is 0 Å². The lowest BCUT2D eigenvalue weighted by molar-refractivity contribution is -0.116. The first-order valence-electron chi connectivity index (χ1n) is 6.75. The Morgan fingerprint density at radius 1 is 1.32 bits per heavy atom. The molecule has 4 atom stereocenters. The number of carbonyl (C=O) groups is 1. The van der Waals surface area contributed by atoms with Gasteiger partial charge in [0, 0.05) is 24.3 Å². The molecule has 2 fully saturated rings. The van der Waals surface area contributed by atoms with Gasteiger partial charge in [0.2, 0.25) is 0 Å². The number of rotatable bonds is 2. The van der Waals surface area contributed by atoms with E-state index in [0.717, 1.165) is 25.1 Å². The topological polar surface area (TPSA) is 76.4 Å². The van der Waals surface area contributed by atoms with Crippen LogP contribution >= 0.6 is 0 Å². The number of ether oxygens (including phenoxy) is 1. The van der Waals surface area contributed by atoms with Crippen LogP contribution in [0.2, 0.25) is 0 Å². The van der Waals surface area contributed by atoms with Crippen LogP contribution in [0.15, 0.2) is 30.3 Å². The predicted octanol–water partition coefficient (Wildman–Crippen LogP) is 1.31. The Labute approximate surface area is 112 Å². The molecule has 3 rings (SSSR count). The number of hydrogen-bond donors (Lipinski definition) is 3. The summed E-state index contributed by atoms with van der Waals surface area (Å²) < 4.78 is 5.69. The smallest absolute Gasteiger partial charge is 0.319 e. The highest BCUT2D eigenvalue weighted by molar-refractivity contribution is 5.89. The summed E-state index contributed by atoms with van der Waals surface area (Å²) in [5, 5.41) is 5.71. The van der Waals surface area contributed by atoms with Crippen LogP contribution in [0.5, 0.6) is 0 Å². The molecule has 4 N–H and O–H groups in total. The number of hydrogen-bond acceptors (Lipinski definition) is 3. The number of anilines is 1. The number of para-hydroxylation sites is 1. The number of nitrogens with two attached hydrogens (primary N) is 1. The van der Waals surface area contributed by atoms with Gasteiger partial charge in [0.1, 0.15) is 0 Å². The van der Waals surface area contributed by atoms with Gasteiger partial charge >= 0.3 is 6.03 Å². The number of urea groups is 1. The second kappa shape index (κ2) is 5.19. The van der Waals surface area contributed by atoms with Gasteiger partial charge in [-0.05, 0) is 25.0 Å². The standard InChI is InChI=1S/C14H19N3O2/c15-11-10-7-4-8-19-13(10)12(11)17-14(18)16-9-5-2-1-3-6-9/h1-3,5-6,10-13H,4,7-8,15H2,(H2,16,17,18). The fraction of sp³-hybridized carbons (Fsp3) is 0.500. The molecule has 1 aliphatic heterocycles. The monoisotopic (exact) mass is 261 g/mol. The van der Waals surface area contributed by atoms with Gasteiger partial charge in [-0.15, -0.1) is 0 Å². The highest BCUT2D eigenvalue weighted by Gasteiger charge is 2.51. The third-order valence-corrected chi connectivity index (χ3v) is 4.01. The first kappa shape index (κ1) is 12.4. The van der Waals surface area contributed by atoms with E-state index in [2.05, 4.69) is 10.6 Å². The van der Waals surface area contributed by atoms with Crippen molar-refractivity contribution < 1.29 is 9.53 Å². The first-order valence-corrected chi connectivity index (χ1v) is 6.75. The normalized spacial score (nSPS) is 32.9. The van der Waals surface area contributed by atoms with E-state index in [1.165, 1.54) is 0 Å². The first-order chi connectivity index (χ1) is 9.25. The third kappa shape index (κ3) is 2.43. The van der Waals surface area contributed by atoms with Crippen molar-refractivity contribution in [2.24, 2.45) is 11.7 Å². The molecule has 0 bridgehead atoms.